The number of aryl methyl sites for hydroxylation is 2. The summed E-state index contributed by atoms with van der Waals surface area (Å²) in [5.41, 5.74) is 3.18. The van der Waals surface area contributed by atoms with Crippen LogP contribution in [0.3, 0.4) is 0 Å². The zero-order valence-corrected chi connectivity index (χ0v) is 9.73. The molecule has 84 valence electrons. The lowest BCUT2D eigenvalue weighted by atomic mass is 10.2. The molecule has 0 radical (unpaired) electrons. The van der Waals surface area contributed by atoms with Crippen LogP contribution in [0.1, 0.15) is 16.8 Å². The third-order valence-corrected chi connectivity index (χ3v) is 2.35. The molecule has 0 aliphatic rings. The average molecular weight is 217 g/mol. The van der Waals surface area contributed by atoms with Gasteiger partial charge in [-0.05, 0) is 26.5 Å². The van der Waals surface area contributed by atoms with Crippen LogP contribution in [-0.4, -0.2) is 26.8 Å². The van der Waals surface area contributed by atoms with Gasteiger partial charge in [0.1, 0.15) is 0 Å². The van der Waals surface area contributed by atoms with E-state index in [-0.39, 0.29) is 0 Å². The topological polar surface area (TPSA) is 55.6 Å². The monoisotopic (exact) mass is 217 g/mol. The summed E-state index contributed by atoms with van der Waals surface area (Å²) in [5.74, 6) is 0.616. The van der Waals surface area contributed by atoms with Crippen molar-refractivity contribution in [1.29, 1.82) is 0 Å². The van der Waals surface area contributed by atoms with Crippen molar-refractivity contribution >= 4 is 0 Å². The fraction of sp³-hybridized carbons (Fsp3) is 0.364. The van der Waals surface area contributed by atoms with Gasteiger partial charge in [-0.2, -0.15) is 5.10 Å². The fourth-order valence-corrected chi connectivity index (χ4v) is 1.48. The summed E-state index contributed by atoms with van der Waals surface area (Å²) in [7, 11) is 1.91. The average Bonchev–Trinajstić information content (AvgIpc) is 2.68. The second-order valence-corrected chi connectivity index (χ2v) is 3.77. The van der Waals surface area contributed by atoms with Crippen LogP contribution in [0.4, 0.5) is 0 Å². The third kappa shape index (κ3) is 2.09. The standard InChI is InChI=1S/C11H15N5/c1-8-4-14-16(7-8)11-13-6-10(5-12-3)9(2)15-11/h4,6-7,12H,5H2,1-3H3. The van der Waals surface area contributed by atoms with Crippen LogP contribution in [0.15, 0.2) is 18.6 Å². The van der Waals surface area contributed by atoms with E-state index in [0.29, 0.717) is 5.95 Å². The first-order valence-corrected chi connectivity index (χ1v) is 5.19. The Labute approximate surface area is 94.5 Å². The Hall–Kier alpha value is -1.75. The van der Waals surface area contributed by atoms with Crippen LogP contribution in [0.25, 0.3) is 5.95 Å². The first-order chi connectivity index (χ1) is 7.70. The molecule has 0 spiro atoms. The maximum atomic E-state index is 4.42. The minimum Gasteiger partial charge on any atom is -0.316 e. The minimum absolute atomic E-state index is 0.616. The number of nitrogens with zero attached hydrogens (tertiary/aromatic N) is 4. The SMILES string of the molecule is CNCc1cnc(-n2cc(C)cn2)nc1C. The Balaban J connectivity index is 2.34. The predicted octanol–water partition coefficient (Wildman–Crippen LogP) is 0.999. The Morgan fingerprint density at radius 2 is 2.12 bits per heavy atom. The molecule has 2 aromatic heterocycles. The highest BCUT2D eigenvalue weighted by Crippen LogP contribution is 2.07. The first-order valence-electron chi connectivity index (χ1n) is 5.19. The van der Waals surface area contributed by atoms with E-state index in [1.165, 1.54) is 0 Å². The lowest BCUT2D eigenvalue weighted by molar-refractivity contribution is 0.763. The van der Waals surface area contributed by atoms with Crippen molar-refractivity contribution in [2.24, 2.45) is 0 Å². The second kappa shape index (κ2) is 4.40. The number of hydrogen-bond donors (Lipinski definition) is 1. The number of rotatable bonds is 3. The van der Waals surface area contributed by atoms with E-state index in [1.807, 2.05) is 33.3 Å². The summed E-state index contributed by atoms with van der Waals surface area (Å²) in [6, 6.07) is 0. The summed E-state index contributed by atoms with van der Waals surface area (Å²) >= 11 is 0. The lowest BCUT2D eigenvalue weighted by Crippen LogP contribution is -2.10. The molecule has 5 heteroatoms. The summed E-state index contributed by atoms with van der Waals surface area (Å²) < 4.78 is 1.69. The Bertz CT molecular complexity index is 489. The molecule has 2 heterocycles. The normalized spacial score (nSPS) is 10.7. The first kappa shape index (κ1) is 10.8. The lowest BCUT2D eigenvalue weighted by Gasteiger charge is -2.05. The maximum absolute atomic E-state index is 4.42. The Kier molecular flexibility index (Phi) is 2.96. The second-order valence-electron chi connectivity index (χ2n) is 3.77. The highest BCUT2D eigenvalue weighted by Gasteiger charge is 2.05. The number of nitrogens with one attached hydrogen (secondary N) is 1. The predicted molar refractivity (Wildman–Crippen MR) is 61.4 cm³/mol. The van der Waals surface area contributed by atoms with Gasteiger partial charge in [0, 0.05) is 30.2 Å². The Morgan fingerprint density at radius 3 is 2.69 bits per heavy atom. The molecule has 0 amide bonds. The van der Waals surface area contributed by atoms with Crippen molar-refractivity contribution in [3.63, 3.8) is 0 Å². The van der Waals surface area contributed by atoms with Gasteiger partial charge < -0.3 is 5.32 Å². The summed E-state index contributed by atoms with van der Waals surface area (Å²) in [6.45, 7) is 4.75. The van der Waals surface area contributed by atoms with Gasteiger partial charge in [0.2, 0.25) is 0 Å². The Morgan fingerprint density at radius 1 is 1.31 bits per heavy atom. The number of aromatic nitrogens is 4. The molecular weight excluding hydrogens is 202 g/mol. The van der Waals surface area contributed by atoms with E-state index in [0.717, 1.165) is 23.4 Å². The van der Waals surface area contributed by atoms with E-state index in [9.17, 15) is 0 Å². The van der Waals surface area contributed by atoms with Crippen molar-refractivity contribution in [1.82, 2.24) is 25.1 Å². The van der Waals surface area contributed by atoms with Crippen molar-refractivity contribution in [2.45, 2.75) is 20.4 Å². The van der Waals surface area contributed by atoms with Crippen LogP contribution in [0.5, 0.6) is 0 Å². The van der Waals surface area contributed by atoms with Gasteiger partial charge in [-0.15, -0.1) is 0 Å². The van der Waals surface area contributed by atoms with E-state index >= 15 is 0 Å². The molecule has 16 heavy (non-hydrogen) atoms. The highest BCUT2D eigenvalue weighted by molar-refractivity contribution is 5.22. The molecule has 0 fully saturated rings. The number of hydrogen-bond acceptors (Lipinski definition) is 4. The molecular formula is C11H15N5. The third-order valence-electron chi connectivity index (χ3n) is 2.35. The molecule has 2 aromatic rings. The van der Waals surface area contributed by atoms with Gasteiger partial charge in [0.25, 0.3) is 5.95 Å². The summed E-state index contributed by atoms with van der Waals surface area (Å²) in [4.78, 5) is 8.72. The van der Waals surface area contributed by atoms with E-state index in [1.54, 1.807) is 10.9 Å². The van der Waals surface area contributed by atoms with Crippen LogP contribution < -0.4 is 5.32 Å². The molecule has 0 bridgehead atoms. The van der Waals surface area contributed by atoms with Crippen LogP contribution in [0, 0.1) is 13.8 Å². The molecule has 1 N–H and O–H groups in total. The molecule has 0 aliphatic carbocycles. The van der Waals surface area contributed by atoms with E-state index < -0.39 is 0 Å². The van der Waals surface area contributed by atoms with Gasteiger partial charge in [-0.1, -0.05) is 0 Å². The van der Waals surface area contributed by atoms with Gasteiger partial charge >= 0.3 is 0 Å². The molecule has 0 atom stereocenters. The molecule has 0 saturated carbocycles. The zero-order chi connectivity index (χ0) is 11.5. The summed E-state index contributed by atoms with van der Waals surface area (Å²) in [6.07, 6.45) is 5.54. The van der Waals surface area contributed by atoms with Crippen LogP contribution in [-0.2, 0) is 6.54 Å². The van der Waals surface area contributed by atoms with Crippen molar-refractivity contribution in [2.75, 3.05) is 7.05 Å². The molecule has 0 unspecified atom stereocenters. The van der Waals surface area contributed by atoms with Crippen molar-refractivity contribution in [3.8, 4) is 5.95 Å². The fourth-order valence-electron chi connectivity index (χ4n) is 1.48. The quantitative estimate of drug-likeness (QED) is 0.833. The van der Waals surface area contributed by atoms with E-state index in [2.05, 4.69) is 20.4 Å². The molecule has 0 aliphatic heterocycles. The largest absolute Gasteiger partial charge is 0.316 e. The van der Waals surface area contributed by atoms with E-state index in [4.69, 9.17) is 0 Å². The molecule has 2 rings (SSSR count). The van der Waals surface area contributed by atoms with Crippen LogP contribution in [0.2, 0.25) is 0 Å². The van der Waals surface area contributed by atoms with Crippen LogP contribution >= 0.6 is 0 Å². The van der Waals surface area contributed by atoms with Gasteiger partial charge in [-0.3, -0.25) is 0 Å². The smallest absolute Gasteiger partial charge is 0.250 e. The van der Waals surface area contributed by atoms with Gasteiger partial charge in [0.05, 0.1) is 6.20 Å². The molecule has 5 nitrogen and oxygen atoms in total. The molecule has 0 aromatic carbocycles. The van der Waals surface area contributed by atoms with Crippen molar-refractivity contribution in [3.05, 3.63) is 35.4 Å². The zero-order valence-electron chi connectivity index (χ0n) is 9.73. The molecule has 0 saturated heterocycles. The summed E-state index contributed by atoms with van der Waals surface area (Å²) in [5, 5.41) is 7.26. The van der Waals surface area contributed by atoms with Gasteiger partial charge in [-0.25, -0.2) is 14.6 Å². The minimum atomic E-state index is 0.616. The maximum Gasteiger partial charge on any atom is 0.250 e. The van der Waals surface area contributed by atoms with Gasteiger partial charge in [0.15, 0.2) is 0 Å². The van der Waals surface area contributed by atoms with Crippen molar-refractivity contribution < 1.29 is 0 Å². The highest BCUT2D eigenvalue weighted by atomic mass is 15.3.